The highest BCUT2D eigenvalue weighted by Gasteiger charge is 2.32. The van der Waals surface area contributed by atoms with Crippen molar-refractivity contribution in [1.82, 2.24) is 19.6 Å². The lowest BCUT2D eigenvalue weighted by atomic mass is 10.0. The molecule has 1 aromatic carbocycles. The molecule has 1 amide bonds. The molecule has 1 aliphatic rings. The van der Waals surface area contributed by atoms with Crippen LogP contribution in [0, 0.1) is 12.8 Å². The number of piperazine rings is 1. The molecule has 176 valence electrons. The molecule has 0 radical (unpaired) electrons. The van der Waals surface area contributed by atoms with Gasteiger partial charge in [0.2, 0.25) is 15.9 Å². The van der Waals surface area contributed by atoms with Crippen LogP contribution >= 0.6 is 11.3 Å². The lowest BCUT2D eigenvalue weighted by Gasteiger charge is -2.37. The fourth-order valence-electron chi connectivity index (χ4n) is 4.03. The number of nitrogens with one attached hydrogen (secondary N) is 1. The second-order valence-corrected chi connectivity index (χ2v) is 11.6. The summed E-state index contributed by atoms with van der Waals surface area (Å²) in [5, 5.41) is 0.880. The van der Waals surface area contributed by atoms with Crippen molar-refractivity contribution in [2.24, 2.45) is 5.92 Å². The third kappa shape index (κ3) is 5.51. The van der Waals surface area contributed by atoms with E-state index in [9.17, 15) is 13.2 Å². The van der Waals surface area contributed by atoms with Crippen LogP contribution in [0.2, 0.25) is 0 Å². The molecule has 1 N–H and O–H groups in total. The quantitative estimate of drug-likeness (QED) is 0.550. The van der Waals surface area contributed by atoms with E-state index >= 15 is 0 Å². The molecular formula is C23H29N5O3S2. The Balaban J connectivity index is 1.48. The van der Waals surface area contributed by atoms with E-state index in [1.165, 1.54) is 11.3 Å². The molecular weight excluding hydrogens is 458 g/mol. The number of fused-ring (bicyclic) bond motifs is 1. The largest absolute Gasteiger partial charge is 0.353 e. The minimum atomic E-state index is -3.86. The number of sulfonamides is 1. The maximum atomic E-state index is 13.4. The second kappa shape index (κ2) is 9.74. The third-order valence-corrected chi connectivity index (χ3v) is 8.05. The van der Waals surface area contributed by atoms with Gasteiger partial charge in [-0.15, -0.1) is 11.3 Å². The zero-order chi connectivity index (χ0) is 23.6. The van der Waals surface area contributed by atoms with E-state index in [2.05, 4.69) is 19.6 Å². The SMILES string of the molecule is Cc1nc2ccc(S(=O)(=O)N[C@@H](CC(C)C)C(=O)N3CCN(c4ccccn4)CC3)cc2s1. The standard InChI is InChI=1S/C23H29N5O3S2/c1-16(2)14-20(23(29)28-12-10-27(11-13-28)22-6-4-5-9-24-22)26-33(30,31)18-7-8-19-21(15-18)32-17(3)25-19/h4-9,15-16,20,26H,10-14H2,1-3H3/t20-/m0/s1. The first-order valence-electron chi connectivity index (χ1n) is 11.1. The Morgan fingerprint density at radius 1 is 1.15 bits per heavy atom. The van der Waals surface area contributed by atoms with Crippen LogP contribution in [0.25, 0.3) is 10.2 Å². The fourth-order valence-corrected chi connectivity index (χ4v) is 6.20. The lowest BCUT2D eigenvalue weighted by Crippen LogP contribution is -2.55. The Labute approximate surface area is 198 Å². The number of hydrogen-bond donors (Lipinski definition) is 1. The van der Waals surface area contributed by atoms with E-state index in [4.69, 9.17) is 0 Å². The number of hydrogen-bond acceptors (Lipinski definition) is 7. The number of nitrogens with zero attached hydrogens (tertiary/aromatic N) is 4. The first-order valence-corrected chi connectivity index (χ1v) is 13.4. The lowest BCUT2D eigenvalue weighted by molar-refractivity contribution is -0.133. The minimum absolute atomic E-state index is 0.153. The van der Waals surface area contributed by atoms with E-state index in [-0.39, 0.29) is 16.7 Å². The van der Waals surface area contributed by atoms with Crippen LogP contribution in [0.15, 0.2) is 47.5 Å². The number of aromatic nitrogens is 2. The Morgan fingerprint density at radius 2 is 1.91 bits per heavy atom. The number of benzene rings is 1. The smallest absolute Gasteiger partial charge is 0.241 e. The van der Waals surface area contributed by atoms with Crippen molar-refractivity contribution in [1.29, 1.82) is 0 Å². The fraction of sp³-hybridized carbons (Fsp3) is 0.435. The predicted molar refractivity (Wildman–Crippen MR) is 131 cm³/mol. The van der Waals surface area contributed by atoms with Gasteiger partial charge in [-0.2, -0.15) is 4.72 Å². The normalized spacial score (nSPS) is 15.9. The van der Waals surface area contributed by atoms with Crippen LogP contribution in [0.3, 0.4) is 0 Å². The summed E-state index contributed by atoms with van der Waals surface area (Å²) in [4.78, 5) is 26.2. The molecule has 3 aromatic rings. The molecule has 4 rings (SSSR count). The van der Waals surface area contributed by atoms with E-state index < -0.39 is 16.1 Å². The van der Waals surface area contributed by atoms with E-state index in [1.54, 1.807) is 29.3 Å². The summed E-state index contributed by atoms with van der Waals surface area (Å²) in [7, 11) is -3.86. The highest BCUT2D eigenvalue weighted by Crippen LogP contribution is 2.25. The van der Waals surface area contributed by atoms with Gasteiger partial charge in [0.25, 0.3) is 0 Å². The van der Waals surface area contributed by atoms with Crippen LogP contribution in [-0.2, 0) is 14.8 Å². The van der Waals surface area contributed by atoms with Crippen LogP contribution in [0.5, 0.6) is 0 Å². The van der Waals surface area contributed by atoms with Crippen molar-refractivity contribution in [3.8, 4) is 0 Å². The van der Waals surface area contributed by atoms with Gasteiger partial charge >= 0.3 is 0 Å². The maximum Gasteiger partial charge on any atom is 0.241 e. The molecule has 3 heterocycles. The van der Waals surface area contributed by atoms with Gasteiger partial charge in [0.05, 0.1) is 20.1 Å². The van der Waals surface area contributed by atoms with Gasteiger partial charge in [-0.1, -0.05) is 19.9 Å². The van der Waals surface area contributed by atoms with Gasteiger partial charge in [0, 0.05) is 32.4 Å². The zero-order valence-electron chi connectivity index (χ0n) is 19.1. The average Bonchev–Trinajstić information content (AvgIpc) is 3.17. The number of carbonyl (C=O) groups is 1. The summed E-state index contributed by atoms with van der Waals surface area (Å²) in [6, 6.07) is 9.85. The van der Waals surface area contributed by atoms with Crippen molar-refractivity contribution in [3.05, 3.63) is 47.6 Å². The molecule has 0 spiro atoms. The number of pyridine rings is 1. The number of carbonyl (C=O) groups excluding carboxylic acids is 1. The van der Waals surface area contributed by atoms with Gasteiger partial charge in [-0.25, -0.2) is 18.4 Å². The van der Waals surface area contributed by atoms with Gasteiger partial charge in [0.1, 0.15) is 11.9 Å². The Bertz CT molecular complexity index is 1220. The van der Waals surface area contributed by atoms with E-state index in [0.29, 0.717) is 32.6 Å². The van der Waals surface area contributed by atoms with Crippen LogP contribution < -0.4 is 9.62 Å². The molecule has 0 saturated carbocycles. The van der Waals surface area contributed by atoms with Gasteiger partial charge in [-0.05, 0) is 49.6 Å². The number of anilines is 1. The van der Waals surface area contributed by atoms with Crippen molar-refractivity contribution in [2.75, 3.05) is 31.1 Å². The monoisotopic (exact) mass is 487 g/mol. The molecule has 1 saturated heterocycles. The van der Waals surface area contributed by atoms with Crippen LogP contribution in [0.4, 0.5) is 5.82 Å². The Hall–Kier alpha value is -2.56. The number of amides is 1. The van der Waals surface area contributed by atoms with Crippen LogP contribution in [0.1, 0.15) is 25.3 Å². The molecule has 1 atom stereocenters. The maximum absolute atomic E-state index is 13.4. The molecule has 8 nitrogen and oxygen atoms in total. The van der Waals surface area contributed by atoms with E-state index in [0.717, 1.165) is 21.0 Å². The highest BCUT2D eigenvalue weighted by atomic mass is 32.2. The summed E-state index contributed by atoms with van der Waals surface area (Å²) < 4.78 is 29.9. The molecule has 0 bridgehead atoms. The van der Waals surface area contributed by atoms with Crippen molar-refractivity contribution >= 4 is 43.3 Å². The Morgan fingerprint density at radius 3 is 2.58 bits per heavy atom. The summed E-state index contributed by atoms with van der Waals surface area (Å²) >= 11 is 1.45. The van der Waals surface area contributed by atoms with Crippen molar-refractivity contribution < 1.29 is 13.2 Å². The third-order valence-electron chi connectivity index (χ3n) is 5.64. The summed E-state index contributed by atoms with van der Waals surface area (Å²) in [6.45, 7) is 8.23. The number of aryl methyl sites for hydroxylation is 1. The summed E-state index contributed by atoms with van der Waals surface area (Å²) in [6.07, 6.45) is 2.19. The van der Waals surface area contributed by atoms with Gasteiger partial charge in [-0.3, -0.25) is 4.79 Å². The van der Waals surface area contributed by atoms with Crippen LogP contribution in [-0.4, -0.2) is 61.4 Å². The molecule has 2 aromatic heterocycles. The van der Waals surface area contributed by atoms with E-state index in [1.807, 2.05) is 39.0 Å². The molecule has 1 aliphatic heterocycles. The minimum Gasteiger partial charge on any atom is -0.353 e. The molecule has 10 heteroatoms. The second-order valence-electron chi connectivity index (χ2n) is 8.67. The zero-order valence-corrected chi connectivity index (χ0v) is 20.7. The Kier molecular flexibility index (Phi) is 6.96. The number of thiazole rings is 1. The van der Waals surface area contributed by atoms with Crippen molar-refractivity contribution in [3.63, 3.8) is 0 Å². The van der Waals surface area contributed by atoms with Crippen molar-refractivity contribution in [2.45, 2.75) is 38.1 Å². The first-order chi connectivity index (χ1) is 15.7. The topological polar surface area (TPSA) is 95.5 Å². The summed E-state index contributed by atoms with van der Waals surface area (Å²) in [5.41, 5.74) is 0.775. The summed E-state index contributed by atoms with van der Waals surface area (Å²) in [5.74, 6) is 0.864. The average molecular weight is 488 g/mol. The van der Waals surface area contributed by atoms with Gasteiger partial charge in [0.15, 0.2) is 0 Å². The molecule has 0 aliphatic carbocycles. The molecule has 33 heavy (non-hydrogen) atoms. The number of rotatable bonds is 7. The first kappa shape index (κ1) is 23.6. The predicted octanol–water partition coefficient (Wildman–Crippen LogP) is 3.04. The molecule has 1 fully saturated rings. The van der Waals surface area contributed by atoms with Gasteiger partial charge < -0.3 is 9.80 Å². The molecule has 0 unspecified atom stereocenters. The highest BCUT2D eigenvalue weighted by molar-refractivity contribution is 7.89.